The van der Waals surface area contributed by atoms with Gasteiger partial charge in [-0.3, -0.25) is 0 Å². The van der Waals surface area contributed by atoms with Crippen LogP contribution in [-0.2, 0) is 9.84 Å². The average Bonchev–Trinajstić information content (AvgIpc) is 2.29. The fraction of sp³-hybridized carbons (Fsp3) is 1.00. The van der Waals surface area contributed by atoms with Crippen molar-refractivity contribution in [1.29, 1.82) is 0 Å². The van der Waals surface area contributed by atoms with Crippen LogP contribution in [0.5, 0.6) is 0 Å². The van der Waals surface area contributed by atoms with Crippen LogP contribution in [0.25, 0.3) is 0 Å². The number of rotatable bonds is 9. The molecule has 0 bridgehead atoms. The quantitative estimate of drug-likeness (QED) is 0.695. The van der Waals surface area contributed by atoms with Crippen LogP contribution in [0.4, 0.5) is 0 Å². The summed E-state index contributed by atoms with van der Waals surface area (Å²) in [4.78, 5) is 0. The molecule has 0 aliphatic carbocycles. The van der Waals surface area contributed by atoms with Crippen molar-refractivity contribution in [3.63, 3.8) is 0 Å². The summed E-state index contributed by atoms with van der Waals surface area (Å²) in [5.74, 6) is 0.570. The largest absolute Gasteiger partial charge is 0.313 e. The van der Waals surface area contributed by atoms with E-state index >= 15 is 0 Å². The van der Waals surface area contributed by atoms with Gasteiger partial charge >= 0.3 is 0 Å². The van der Waals surface area contributed by atoms with E-state index in [1.165, 1.54) is 0 Å². The SMILES string of the molecule is CCCNC(CC)C(C)S(=O)(=O)CC(C)CC. The Bertz CT molecular complexity index is 288. The van der Waals surface area contributed by atoms with Crippen LogP contribution in [0, 0.1) is 5.92 Å². The normalized spacial score (nSPS) is 17.7. The summed E-state index contributed by atoms with van der Waals surface area (Å²) in [5.41, 5.74) is 0. The van der Waals surface area contributed by atoms with Gasteiger partial charge in [-0.2, -0.15) is 0 Å². The number of hydrogen-bond acceptors (Lipinski definition) is 3. The third-order valence-corrected chi connectivity index (χ3v) is 5.94. The highest BCUT2D eigenvalue weighted by atomic mass is 32.2. The third kappa shape index (κ3) is 5.87. The van der Waals surface area contributed by atoms with Crippen LogP contribution < -0.4 is 5.32 Å². The second-order valence-corrected chi connectivity index (χ2v) is 7.42. The Morgan fingerprint density at radius 3 is 2.06 bits per heavy atom. The van der Waals surface area contributed by atoms with Gasteiger partial charge in [-0.1, -0.05) is 34.1 Å². The molecule has 0 aliphatic rings. The van der Waals surface area contributed by atoms with E-state index in [1.54, 1.807) is 0 Å². The Morgan fingerprint density at radius 1 is 1.06 bits per heavy atom. The summed E-state index contributed by atoms with van der Waals surface area (Å²) in [6.45, 7) is 10.9. The molecule has 0 rings (SSSR count). The highest BCUT2D eigenvalue weighted by Crippen LogP contribution is 2.15. The van der Waals surface area contributed by atoms with Crippen LogP contribution >= 0.6 is 0 Å². The molecule has 104 valence electrons. The first-order valence-electron chi connectivity index (χ1n) is 6.83. The molecule has 0 aromatic rings. The van der Waals surface area contributed by atoms with Gasteiger partial charge in [0.15, 0.2) is 9.84 Å². The average molecular weight is 263 g/mol. The minimum atomic E-state index is -2.98. The van der Waals surface area contributed by atoms with Crippen molar-refractivity contribution in [1.82, 2.24) is 5.32 Å². The number of nitrogens with one attached hydrogen (secondary N) is 1. The minimum absolute atomic E-state index is 0.0870. The molecule has 4 heteroatoms. The monoisotopic (exact) mass is 263 g/mol. The lowest BCUT2D eigenvalue weighted by Crippen LogP contribution is -2.43. The van der Waals surface area contributed by atoms with E-state index in [-0.39, 0.29) is 17.2 Å². The van der Waals surface area contributed by atoms with Crippen molar-refractivity contribution >= 4 is 9.84 Å². The van der Waals surface area contributed by atoms with Crippen LogP contribution in [0.1, 0.15) is 53.9 Å². The van der Waals surface area contributed by atoms with Crippen LogP contribution in [-0.4, -0.2) is 32.0 Å². The zero-order chi connectivity index (χ0) is 13.5. The molecule has 3 atom stereocenters. The Labute approximate surface area is 107 Å². The molecule has 0 aromatic heterocycles. The third-order valence-electron chi connectivity index (χ3n) is 3.44. The molecule has 3 unspecified atom stereocenters. The van der Waals surface area contributed by atoms with Gasteiger partial charge < -0.3 is 5.32 Å². The summed E-state index contributed by atoms with van der Waals surface area (Å²) in [5, 5.41) is 3.05. The second-order valence-electron chi connectivity index (χ2n) is 5.02. The molecule has 3 nitrogen and oxygen atoms in total. The molecule has 0 radical (unpaired) electrons. The fourth-order valence-corrected chi connectivity index (χ4v) is 4.01. The van der Waals surface area contributed by atoms with Crippen molar-refractivity contribution in [2.24, 2.45) is 5.92 Å². The maximum absolute atomic E-state index is 12.2. The van der Waals surface area contributed by atoms with E-state index in [0.29, 0.717) is 5.75 Å². The Morgan fingerprint density at radius 2 is 1.65 bits per heavy atom. The van der Waals surface area contributed by atoms with E-state index < -0.39 is 9.84 Å². The molecule has 17 heavy (non-hydrogen) atoms. The lowest BCUT2D eigenvalue weighted by atomic mass is 10.1. The van der Waals surface area contributed by atoms with Gasteiger partial charge in [0.1, 0.15) is 0 Å². The number of hydrogen-bond donors (Lipinski definition) is 1. The zero-order valence-electron chi connectivity index (χ0n) is 12.0. The molecule has 0 heterocycles. The highest BCUT2D eigenvalue weighted by molar-refractivity contribution is 7.92. The smallest absolute Gasteiger partial charge is 0.154 e. The molecule has 1 N–H and O–H groups in total. The number of sulfone groups is 1. The maximum Gasteiger partial charge on any atom is 0.154 e. The molecular weight excluding hydrogens is 234 g/mol. The maximum atomic E-state index is 12.2. The topological polar surface area (TPSA) is 46.2 Å². The van der Waals surface area contributed by atoms with E-state index in [2.05, 4.69) is 12.2 Å². The van der Waals surface area contributed by atoms with Crippen LogP contribution in [0.2, 0.25) is 0 Å². The molecule has 0 aliphatic heterocycles. The Kier molecular flexibility index (Phi) is 8.05. The molecule has 0 aromatic carbocycles. The second kappa shape index (κ2) is 8.09. The van der Waals surface area contributed by atoms with Crippen molar-refractivity contribution in [2.75, 3.05) is 12.3 Å². The van der Waals surface area contributed by atoms with Crippen molar-refractivity contribution < 1.29 is 8.42 Å². The predicted octanol–water partition coefficient (Wildman–Crippen LogP) is 2.61. The van der Waals surface area contributed by atoms with Gasteiger partial charge in [0.2, 0.25) is 0 Å². The summed E-state index contributed by atoms with van der Waals surface area (Å²) in [6, 6.07) is 0.0870. The lowest BCUT2D eigenvalue weighted by molar-refractivity contribution is 0.467. The van der Waals surface area contributed by atoms with E-state index in [1.807, 2.05) is 27.7 Å². The van der Waals surface area contributed by atoms with Gasteiger partial charge in [-0.25, -0.2) is 8.42 Å². The van der Waals surface area contributed by atoms with Gasteiger partial charge in [0, 0.05) is 6.04 Å². The summed E-state index contributed by atoms with van der Waals surface area (Å²) >= 11 is 0. The first kappa shape index (κ1) is 16.9. The van der Waals surface area contributed by atoms with Gasteiger partial charge in [-0.15, -0.1) is 0 Å². The Balaban J connectivity index is 4.57. The van der Waals surface area contributed by atoms with E-state index in [9.17, 15) is 8.42 Å². The zero-order valence-corrected chi connectivity index (χ0v) is 12.8. The first-order valence-corrected chi connectivity index (χ1v) is 8.55. The summed E-state index contributed by atoms with van der Waals surface area (Å²) < 4.78 is 24.4. The molecule has 0 spiro atoms. The first-order chi connectivity index (χ1) is 7.88. The fourth-order valence-electron chi connectivity index (χ4n) is 1.89. The van der Waals surface area contributed by atoms with Crippen LogP contribution in [0.15, 0.2) is 0 Å². The lowest BCUT2D eigenvalue weighted by Gasteiger charge is -2.25. The van der Waals surface area contributed by atoms with Crippen molar-refractivity contribution in [2.45, 2.75) is 65.2 Å². The summed E-state index contributed by atoms with van der Waals surface area (Å²) in [7, 11) is -2.98. The van der Waals surface area contributed by atoms with Crippen LogP contribution in [0.3, 0.4) is 0 Å². The Hall–Kier alpha value is -0.0900. The summed E-state index contributed by atoms with van der Waals surface area (Å²) in [6.07, 6.45) is 2.82. The standard InChI is InChI=1S/C13H29NO2S/c1-6-9-14-13(8-3)12(5)17(15,16)10-11(4)7-2/h11-14H,6-10H2,1-5H3. The molecule has 0 saturated heterocycles. The molecular formula is C13H29NO2S. The van der Waals surface area contributed by atoms with E-state index in [4.69, 9.17) is 0 Å². The van der Waals surface area contributed by atoms with E-state index in [0.717, 1.165) is 25.8 Å². The molecule has 0 saturated carbocycles. The predicted molar refractivity (Wildman–Crippen MR) is 75.1 cm³/mol. The van der Waals surface area contributed by atoms with Crippen molar-refractivity contribution in [3.05, 3.63) is 0 Å². The molecule has 0 fully saturated rings. The van der Waals surface area contributed by atoms with Gasteiger partial charge in [0.05, 0.1) is 11.0 Å². The highest BCUT2D eigenvalue weighted by Gasteiger charge is 2.28. The van der Waals surface area contributed by atoms with Crippen molar-refractivity contribution in [3.8, 4) is 0 Å². The minimum Gasteiger partial charge on any atom is -0.313 e. The van der Waals surface area contributed by atoms with Gasteiger partial charge in [0.25, 0.3) is 0 Å². The van der Waals surface area contributed by atoms with Gasteiger partial charge in [-0.05, 0) is 32.2 Å². The molecule has 0 amide bonds.